The van der Waals surface area contributed by atoms with Crippen molar-refractivity contribution in [3.63, 3.8) is 0 Å². The normalized spacial score (nSPS) is 18.3. The van der Waals surface area contributed by atoms with Gasteiger partial charge in [-0.2, -0.15) is 5.10 Å². The summed E-state index contributed by atoms with van der Waals surface area (Å²) in [6.45, 7) is 6.62. The molecule has 9 nitrogen and oxygen atoms in total. The van der Waals surface area contributed by atoms with Crippen LogP contribution in [0.5, 0.6) is 0 Å². The number of amides is 2. The highest BCUT2D eigenvalue weighted by Gasteiger charge is 2.39. The third kappa shape index (κ3) is 5.40. The number of piperidine rings is 1. The summed E-state index contributed by atoms with van der Waals surface area (Å²) in [5.74, 6) is -0.268. The molecular formula is C25H29ClN6O3. The van der Waals surface area contributed by atoms with Crippen molar-refractivity contribution in [2.24, 2.45) is 5.41 Å². The Morgan fingerprint density at radius 3 is 2.66 bits per heavy atom. The highest BCUT2D eigenvalue weighted by atomic mass is 35.5. The minimum atomic E-state index is -0.888. The molecule has 35 heavy (non-hydrogen) atoms. The average Bonchev–Trinajstić information content (AvgIpc) is 3.28. The van der Waals surface area contributed by atoms with E-state index >= 15 is 0 Å². The number of rotatable bonds is 4. The second-order valence-corrected chi connectivity index (χ2v) is 10.3. The minimum Gasteiger partial charge on any atom is -0.465 e. The van der Waals surface area contributed by atoms with Gasteiger partial charge in [0.15, 0.2) is 0 Å². The van der Waals surface area contributed by atoms with Crippen LogP contribution in [0.3, 0.4) is 0 Å². The number of nitrogen functional groups attached to an aromatic ring is 1. The van der Waals surface area contributed by atoms with Crippen LogP contribution >= 0.6 is 11.6 Å². The van der Waals surface area contributed by atoms with Crippen molar-refractivity contribution < 1.29 is 14.7 Å². The van der Waals surface area contributed by atoms with Crippen LogP contribution in [0.4, 0.5) is 16.3 Å². The van der Waals surface area contributed by atoms with Gasteiger partial charge in [0.05, 0.1) is 17.8 Å². The fourth-order valence-electron chi connectivity index (χ4n) is 4.50. The fourth-order valence-corrected chi connectivity index (χ4v) is 4.69. The molecule has 0 bridgehead atoms. The maximum atomic E-state index is 12.9. The van der Waals surface area contributed by atoms with Gasteiger partial charge in [-0.05, 0) is 42.5 Å². The highest BCUT2D eigenvalue weighted by molar-refractivity contribution is 6.31. The van der Waals surface area contributed by atoms with Gasteiger partial charge in [-0.3, -0.25) is 9.48 Å². The van der Waals surface area contributed by atoms with Gasteiger partial charge in [-0.25, -0.2) is 9.78 Å². The van der Waals surface area contributed by atoms with Gasteiger partial charge in [-0.1, -0.05) is 38.4 Å². The number of anilines is 2. The van der Waals surface area contributed by atoms with Crippen LogP contribution in [0, 0.1) is 5.41 Å². The van der Waals surface area contributed by atoms with Crippen molar-refractivity contribution in [3.8, 4) is 11.1 Å². The Balaban J connectivity index is 1.55. The number of hydrogen-bond acceptors (Lipinski definition) is 5. The Labute approximate surface area is 208 Å². The van der Waals surface area contributed by atoms with E-state index in [9.17, 15) is 14.7 Å². The zero-order chi connectivity index (χ0) is 25.3. The van der Waals surface area contributed by atoms with Gasteiger partial charge in [0.2, 0.25) is 0 Å². The number of nitrogens with one attached hydrogen (secondary N) is 1. The highest BCUT2D eigenvalue weighted by Crippen LogP contribution is 2.37. The largest absolute Gasteiger partial charge is 0.465 e. The van der Waals surface area contributed by atoms with Crippen molar-refractivity contribution in [1.82, 2.24) is 19.7 Å². The number of pyridine rings is 1. The third-order valence-corrected chi connectivity index (χ3v) is 6.61. The predicted molar refractivity (Wildman–Crippen MR) is 136 cm³/mol. The summed E-state index contributed by atoms with van der Waals surface area (Å²) >= 11 is 6.01. The third-order valence-electron chi connectivity index (χ3n) is 6.37. The first kappa shape index (κ1) is 24.5. The zero-order valence-corrected chi connectivity index (χ0v) is 20.7. The maximum absolute atomic E-state index is 12.9. The molecule has 2 amide bonds. The van der Waals surface area contributed by atoms with Gasteiger partial charge in [0.1, 0.15) is 5.82 Å². The summed E-state index contributed by atoms with van der Waals surface area (Å²) in [6, 6.07) is 8.49. The monoisotopic (exact) mass is 496 g/mol. The Hall–Kier alpha value is -3.59. The molecule has 3 heterocycles. The summed E-state index contributed by atoms with van der Waals surface area (Å²) in [5.41, 5.74) is 8.10. The van der Waals surface area contributed by atoms with Crippen LogP contribution in [0.25, 0.3) is 11.1 Å². The molecule has 4 rings (SSSR count). The molecule has 0 aliphatic carbocycles. The Kier molecular flexibility index (Phi) is 6.71. The number of carbonyl (C=O) groups is 2. The lowest BCUT2D eigenvalue weighted by Gasteiger charge is -2.44. The van der Waals surface area contributed by atoms with Gasteiger partial charge in [0, 0.05) is 46.8 Å². The van der Waals surface area contributed by atoms with Crippen LogP contribution in [-0.4, -0.2) is 49.4 Å². The molecule has 1 saturated heterocycles. The number of benzene rings is 1. The van der Waals surface area contributed by atoms with Crippen LogP contribution in [0.2, 0.25) is 5.02 Å². The molecule has 0 spiro atoms. The van der Waals surface area contributed by atoms with Gasteiger partial charge in [-0.15, -0.1) is 0 Å². The fraction of sp³-hybridized carbons (Fsp3) is 0.360. The van der Waals surface area contributed by atoms with Crippen LogP contribution in [0.1, 0.15) is 50.0 Å². The molecule has 184 valence electrons. The lowest BCUT2D eigenvalue weighted by molar-refractivity contribution is 0.0408. The maximum Gasteiger partial charge on any atom is 0.407 e. The van der Waals surface area contributed by atoms with E-state index in [1.165, 1.54) is 4.90 Å². The summed E-state index contributed by atoms with van der Waals surface area (Å²) in [6.07, 6.45) is 5.70. The SMILES string of the molecule is CC(C)(C)C1CC(n2cc(-c3cnc(N)c(C(=O)Nc4cccc(Cl)c4)c3)cn2)CCN1C(=O)O. The molecule has 0 saturated carbocycles. The second kappa shape index (κ2) is 9.58. The topological polar surface area (TPSA) is 126 Å². The van der Waals surface area contributed by atoms with Gasteiger partial charge in [0.25, 0.3) is 5.91 Å². The van der Waals surface area contributed by atoms with Crippen molar-refractivity contribution in [1.29, 1.82) is 0 Å². The van der Waals surface area contributed by atoms with Crippen LogP contribution in [0.15, 0.2) is 48.9 Å². The molecule has 1 aliphatic heterocycles. The quantitative estimate of drug-likeness (QED) is 0.457. The number of nitrogens with two attached hydrogens (primary N) is 1. The predicted octanol–water partition coefficient (Wildman–Crippen LogP) is 5.16. The van der Waals surface area contributed by atoms with Gasteiger partial charge >= 0.3 is 6.09 Å². The first-order valence-electron chi connectivity index (χ1n) is 11.4. The minimum absolute atomic E-state index is 0.0657. The number of carboxylic acid groups (broad SMARTS) is 1. The van der Waals surface area contributed by atoms with E-state index in [1.807, 2.05) is 10.9 Å². The zero-order valence-electron chi connectivity index (χ0n) is 19.9. The number of likely N-dealkylation sites (tertiary alicyclic amines) is 1. The summed E-state index contributed by atoms with van der Waals surface area (Å²) in [7, 11) is 0. The van der Waals surface area contributed by atoms with E-state index in [4.69, 9.17) is 17.3 Å². The molecule has 4 N–H and O–H groups in total. The summed E-state index contributed by atoms with van der Waals surface area (Å²) in [5, 5.41) is 17.5. The number of aromatic nitrogens is 3. The van der Waals surface area contributed by atoms with Crippen molar-refractivity contribution in [2.75, 3.05) is 17.6 Å². The van der Waals surface area contributed by atoms with Crippen molar-refractivity contribution in [3.05, 3.63) is 59.5 Å². The van der Waals surface area contributed by atoms with Crippen LogP contribution in [-0.2, 0) is 0 Å². The van der Waals surface area contributed by atoms with Crippen LogP contribution < -0.4 is 11.1 Å². The number of nitrogens with zero attached hydrogens (tertiary/aromatic N) is 4. The average molecular weight is 497 g/mol. The van der Waals surface area contributed by atoms with E-state index in [0.29, 0.717) is 35.7 Å². The molecule has 2 unspecified atom stereocenters. The molecule has 1 aromatic carbocycles. The Morgan fingerprint density at radius 2 is 1.97 bits per heavy atom. The lowest BCUT2D eigenvalue weighted by atomic mass is 9.79. The van der Waals surface area contributed by atoms with E-state index in [0.717, 1.165) is 5.56 Å². The molecule has 2 atom stereocenters. The van der Waals surface area contributed by atoms with E-state index in [1.54, 1.807) is 42.7 Å². The molecule has 1 fully saturated rings. The van der Waals surface area contributed by atoms with Crippen molar-refractivity contribution >= 4 is 35.1 Å². The molecule has 10 heteroatoms. The summed E-state index contributed by atoms with van der Waals surface area (Å²) < 4.78 is 1.88. The molecule has 1 aliphatic rings. The second-order valence-electron chi connectivity index (χ2n) is 9.87. The molecule has 2 aromatic heterocycles. The summed E-state index contributed by atoms with van der Waals surface area (Å²) in [4.78, 5) is 30.3. The first-order valence-corrected chi connectivity index (χ1v) is 11.8. The molecule has 0 radical (unpaired) electrons. The van der Waals surface area contributed by atoms with E-state index in [-0.39, 0.29) is 34.8 Å². The standard InChI is InChI=1S/C25H29ClN6O3/c1-25(2,3)21-11-19(7-8-31(21)24(34)35)32-14-16(13-29-32)15-9-20(22(27)28-12-15)23(33)30-18-6-4-5-17(26)10-18/h4-6,9-10,12-14,19,21H,7-8,11H2,1-3H3,(H2,27,28)(H,30,33)(H,34,35). The number of halogens is 1. The Bertz CT molecular complexity index is 1250. The first-order chi connectivity index (χ1) is 16.5. The number of hydrogen-bond donors (Lipinski definition) is 3. The lowest BCUT2D eigenvalue weighted by Crippen LogP contribution is -2.51. The molecule has 3 aromatic rings. The van der Waals surface area contributed by atoms with Gasteiger partial charge < -0.3 is 21.1 Å². The molecular weight excluding hydrogens is 468 g/mol. The van der Waals surface area contributed by atoms with E-state index in [2.05, 4.69) is 36.2 Å². The van der Waals surface area contributed by atoms with Crippen molar-refractivity contribution in [2.45, 2.75) is 45.7 Å². The smallest absolute Gasteiger partial charge is 0.407 e. The van der Waals surface area contributed by atoms with E-state index < -0.39 is 6.09 Å². The Morgan fingerprint density at radius 1 is 1.20 bits per heavy atom. The number of carbonyl (C=O) groups excluding carboxylic acids is 1.